The fraction of sp³-hybridized carbons (Fsp3) is 0.438. The molecule has 0 spiro atoms. The van der Waals surface area contributed by atoms with E-state index >= 15 is 0 Å². The lowest BCUT2D eigenvalue weighted by Crippen LogP contribution is -2.52. The van der Waals surface area contributed by atoms with Crippen molar-refractivity contribution in [3.8, 4) is 0 Å². The molecule has 1 aromatic heterocycles. The largest absolute Gasteiger partial charge is 0.480 e. The minimum atomic E-state index is -1.06. The minimum Gasteiger partial charge on any atom is -0.480 e. The highest BCUT2D eigenvalue weighted by atomic mass is 16.4. The number of para-hydroxylation sites is 2. The van der Waals surface area contributed by atoms with Gasteiger partial charge in [-0.05, 0) is 25.0 Å². The average Bonchev–Trinajstić information content (AvgIpc) is 3.13. The summed E-state index contributed by atoms with van der Waals surface area (Å²) in [6.07, 6.45) is 4.68. The van der Waals surface area contributed by atoms with Gasteiger partial charge in [0, 0.05) is 13.0 Å². The highest BCUT2D eigenvalue weighted by Gasteiger charge is 2.42. The highest BCUT2D eigenvalue weighted by molar-refractivity contribution is 5.87. The first-order chi connectivity index (χ1) is 10.6. The number of carboxylic acids is 1. The Morgan fingerprint density at radius 2 is 2.00 bits per heavy atom. The number of rotatable bonds is 5. The van der Waals surface area contributed by atoms with Crippen molar-refractivity contribution in [2.24, 2.45) is 0 Å². The molecule has 2 N–H and O–H groups in total. The third kappa shape index (κ3) is 2.68. The van der Waals surface area contributed by atoms with E-state index in [9.17, 15) is 14.7 Å². The van der Waals surface area contributed by atoms with Gasteiger partial charge in [-0.1, -0.05) is 25.0 Å². The molecule has 1 fully saturated rings. The molecule has 0 radical (unpaired) electrons. The Hall–Kier alpha value is -2.37. The first kappa shape index (κ1) is 14.6. The Kier molecular flexibility index (Phi) is 3.83. The van der Waals surface area contributed by atoms with E-state index in [0.717, 1.165) is 23.9 Å². The van der Waals surface area contributed by atoms with Crippen LogP contribution in [0, 0.1) is 0 Å². The van der Waals surface area contributed by atoms with Crippen molar-refractivity contribution in [3.63, 3.8) is 0 Å². The van der Waals surface area contributed by atoms with E-state index < -0.39 is 11.5 Å². The molecule has 0 bridgehead atoms. The molecule has 1 amide bonds. The van der Waals surface area contributed by atoms with E-state index in [1.54, 1.807) is 6.33 Å². The molecule has 0 unspecified atom stereocenters. The van der Waals surface area contributed by atoms with Crippen molar-refractivity contribution in [1.82, 2.24) is 14.9 Å². The molecule has 1 saturated carbocycles. The summed E-state index contributed by atoms with van der Waals surface area (Å²) in [6, 6.07) is 7.72. The lowest BCUT2D eigenvalue weighted by atomic mass is 9.97. The van der Waals surface area contributed by atoms with Crippen LogP contribution in [0.2, 0.25) is 0 Å². The molecular weight excluding hydrogens is 282 g/mol. The van der Waals surface area contributed by atoms with Gasteiger partial charge < -0.3 is 15.0 Å². The van der Waals surface area contributed by atoms with E-state index in [1.807, 2.05) is 28.8 Å². The summed E-state index contributed by atoms with van der Waals surface area (Å²) in [4.78, 5) is 27.8. The number of amides is 1. The van der Waals surface area contributed by atoms with Crippen LogP contribution >= 0.6 is 0 Å². The van der Waals surface area contributed by atoms with Gasteiger partial charge in [-0.25, -0.2) is 9.78 Å². The van der Waals surface area contributed by atoms with Gasteiger partial charge in [-0.3, -0.25) is 4.79 Å². The molecule has 1 aromatic carbocycles. The number of nitrogens with zero attached hydrogens (tertiary/aromatic N) is 2. The molecule has 6 nitrogen and oxygen atoms in total. The number of fused-ring (bicyclic) bond motifs is 1. The van der Waals surface area contributed by atoms with Gasteiger partial charge in [0.25, 0.3) is 0 Å². The minimum absolute atomic E-state index is 0.220. The second-order valence-corrected chi connectivity index (χ2v) is 5.82. The van der Waals surface area contributed by atoms with Crippen LogP contribution in [0.25, 0.3) is 11.0 Å². The smallest absolute Gasteiger partial charge is 0.329 e. The Labute approximate surface area is 128 Å². The number of carbonyl (C=O) groups excluding carboxylic acids is 1. The number of hydrogen-bond acceptors (Lipinski definition) is 3. The topological polar surface area (TPSA) is 84.2 Å². The van der Waals surface area contributed by atoms with Crippen LogP contribution in [-0.4, -0.2) is 32.1 Å². The maximum absolute atomic E-state index is 12.1. The molecule has 2 aromatic rings. The quantitative estimate of drug-likeness (QED) is 0.884. The van der Waals surface area contributed by atoms with Crippen LogP contribution in [0.4, 0.5) is 0 Å². The van der Waals surface area contributed by atoms with Crippen LogP contribution in [0.3, 0.4) is 0 Å². The summed E-state index contributed by atoms with van der Waals surface area (Å²) < 4.78 is 1.91. The fourth-order valence-electron chi connectivity index (χ4n) is 3.11. The van der Waals surface area contributed by atoms with Crippen molar-refractivity contribution in [3.05, 3.63) is 30.6 Å². The number of nitrogens with one attached hydrogen (secondary N) is 1. The number of aliphatic carboxylic acids is 1. The lowest BCUT2D eigenvalue weighted by Gasteiger charge is -2.25. The van der Waals surface area contributed by atoms with Crippen LogP contribution in [0.5, 0.6) is 0 Å². The Bertz CT molecular complexity index is 701. The van der Waals surface area contributed by atoms with E-state index in [1.165, 1.54) is 0 Å². The zero-order valence-corrected chi connectivity index (χ0v) is 12.3. The molecule has 0 atom stereocenters. The average molecular weight is 301 g/mol. The van der Waals surface area contributed by atoms with Crippen LogP contribution in [0.15, 0.2) is 30.6 Å². The standard InChI is InChI=1S/C16H19N3O3/c20-14(18-16(15(21)22)8-3-4-9-16)7-10-19-11-17-12-5-1-2-6-13(12)19/h1-2,5-6,11H,3-4,7-10H2,(H,18,20)(H,21,22). The van der Waals surface area contributed by atoms with Crippen molar-refractivity contribution >= 4 is 22.9 Å². The number of carbonyl (C=O) groups is 2. The van der Waals surface area contributed by atoms with E-state index in [-0.39, 0.29) is 12.3 Å². The molecule has 1 aliphatic carbocycles. The second kappa shape index (κ2) is 5.79. The van der Waals surface area contributed by atoms with Crippen molar-refractivity contribution in [2.45, 2.75) is 44.2 Å². The highest BCUT2D eigenvalue weighted by Crippen LogP contribution is 2.30. The number of aromatic nitrogens is 2. The SMILES string of the molecule is O=C(CCn1cnc2ccccc21)NC1(C(=O)O)CCCC1. The molecule has 3 rings (SSSR count). The van der Waals surface area contributed by atoms with Gasteiger partial charge in [-0.15, -0.1) is 0 Å². The van der Waals surface area contributed by atoms with Crippen LogP contribution < -0.4 is 5.32 Å². The van der Waals surface area contributed by atoms with Crippen molar-refractivity contribution in [2.75, 3.05) is 0 Å². The molecule has 22 heavy (non-hydrogen) atoms. The van der Waals surface area contributed by atoms with E-state index in [4.69, 9.17) is 0 Å². The third-order valence-electron chi connectivity index (χ3n) is 4.35. The number of hydrogen-bond donors (Lipinski definition) is 2. The van der Waals surface area contributed by atoms with Crippen LogP contribution in [0.1, 0.15) is 32.1 Å². The van der Waals surface area contributed by atoms with Gasteiger partial charge in [0.2, 0.25) is 5.91 Å². The van der Waals surface area contributed by atoms with E-state index in [0.29, 0.717) is 19.4 Å². The normalized spacial score (nSPS) is 16.7. The number of benzene rings is 1. The zero-order chi connectivity index (χ0) is 15.6. The number of aryl methyl sites for hydroxylation is 1. The van der Waals surface area contributed by atoms with Gasteiger partial charge in [0.1, 0.15) is 5.54 Å². The number of carboxylic acid groups (broad SMARTS) is 1. The summed E-state index contributed by atoms with van der Waals surface area (Å²) >= 11 is 0. The molecule has 0 aliphatic heterocycles. The molecular formula is C16H19N3O3. The fourth-order valence-corrected chi connectivity index (χ4v) is 3.11. The number of imidazole rings is 1. The molecule has 1 aliphatic rings. The lowest BCUT2D eigenvalue weighted by molar-refractivity contribution is -0.147. The summed E-state index contributed by atoms with van der Waals surface area (Å²) in [6.45, 7) is 0.488. The molecule has 6 heteroatoms. The van der Waals surface area contributed by atoms with Crippen molar-refractivity contribution in [1.29, 1.82) is 0 Å². The van der Waals surface area contributed by atoms with Gasteiger partial charge >= 0.3 is 5.97 Å². The predicted octanol–water partition coefficient (Wildman–Crippen LogP) is 1.94. The summed E-state index contributed by atoms with van der Waals surface area (Å²) in [5, 5.41) is 12.1. The summed E-state index contributed by atoms with van der Waals surface area (Å²) in [7, 11) is 0. The molecule has 0 saturated heterocycles. The van der Waals surface area contributed by atoms with Gasteiger partial charge in [0.05, 0.1) is 17.4 Å². The molecule has 1 heterocycles. The van der Waals surface area contributed by atoms with E-state index in [2.05, 4.69) is 10.3 Å². The van der Waals surface area contributed by atoms with Gasteiger partial charge in [0.15, 0.2) is 0 Å². The maximum atomic E-state index is 12.1. The monoisotopic (exact) mass is 301 g/mol. The Morgan fingerprint density at radius 3 is 2.73 bits per heavy atom. The zero-order valence-electron chi connectivity index (χ0n) is 12.3. The second-order valence-electron chi connectivity index (χ2n) is 5.82. The van der Waals surface area contributed by atoms with Crippen LogP contribution in [-0.2, 0) is 16.1 Å². The molecule has 116 valence electrons. The first-order valence-electron chi connectivity index (χ1n) is 7.55. The maximum Gasteiger partial charge on any atom is 0.329 e. The predicted molar refractivity (Wildman–Crippen MR) is 81.3 cm³/mol. The summed E-state index contributed by atoms with van der Waals surface area (Å²) in [5.41, 5.74) is 0.804. The Morgan fingerprint density at radius 1 is 1.27 bits per heavy atom. The van der Waals surface area contributed by atoms with Crippen molar-refractivity contribution < 1.29 is 14.7 Å². The third-order valence-corrected chi connectivity index (χ3v) is 4.35. The van der Waals surface area contributed by atoms with Gasteiger partial charge in [-0.2, -0.15) is 0 Å². The summed E-state index contributed by atoms with van der Waals surface area (Å²) in [5.74, 6) is -1.14. The Balaban J connectivity index is 1.64. The first-order valence-corrected chi connectivity index (χ1v) is 7.55.